The van der Waals surface area contributed by atoms with Crippen LogP contribution in [-0.2, 0) is 4.79 Å². The minimum absolute atomic E-state index is 0.478. The van der Waals surface area contributed by atoms with Crippen molar-refractivity contribution in [3.05, 3.63) is 17.8 Å². The molecule has 1 aromatic heterocycles. The lowest BCUT2D eigenvalue weighted by atomic mass is 10.1. The third-order valence-corrected chi connectivity index (χ3v) is 2.01. The smallest absolute Gasteiger partial charge is 0.312 e. The van der Waals surface area contributed by atoms with E-state index in [1.807, 2.05) is 25.1 Å². The van der Waals surface area contributed by atoms with Gasteiger partial charge in [0.15, 0.2) is 0 Å². The average Bonchev–Trinajstić information content (AvgIpc) is 2.50. The van der Waals surface area contributed by atoms with E-state index in [1.165, 1.54) is 0 Å². The van der Waals surface area contributed by atoms with Crippen LogP contribution in [0.1, 0.15) is 18.5 Å². The number of hydrogen-bond acceptors (Lipinski definition) is 2. The summed E-state index contributed by atoms with van der Waals surface area (Å²) in [6.45, 7) is 1.66. The second-order valence-electron chi connectivity index (χ2n) is 3.25. The highest BCUT2D eigenvalue weighted by molar-refractivity contribution is 5.75. The molecule has 1 heterocycles. The molecule has 0 aliphatic heterocycles. The van der Waals surface area contributed by atoms with Gasteiger partial charge in [-0.3, -0.25) is 4.79 Å². The van der Waals surface area contributed by atoms with Gasteiger partial charge in [-0.05, 0) is 19.1 Å². The molecule has 0 amide bonds. The summed E-state index contributed by atoms with van der Waals surface area (Å²) in [6.07, 6.45) is 0. The number of aromatic amines is 1. The third kappa shape index (κ3) is 2.02. The lowest BCUT2D eigenvalue weighted by molar-refractivity contribution is -0.138. The van der Waals surface area contributed by atoms with E-state index < -0.39 is 11.9 Å². The van der Waals surface area contributed by atoms with E-state index in [0.717, 1.165) is 11.5 Å². The maximum atomic E-state index is 10.6. The van der Waals surface area contributed by atoms with Gasteiger partial charge in [0.25, 0.3) is 0 Å². The minimum atomic E-state index is -0.813. The van der Waals surface area contributed by atoms with Gasteiger partial charge in [0.1, 0.15) is 5.82 Å². The van der Waals surface area contributed by atoms with Crippen LogP contribution < -0.4 is 4.90 Å². The summed E-state index contributed by atoms with van der Waals surface area (Å²) in [7, 11) is 3.81. The van der Waals surface area contributed by atoms with E-state index >= 15 is 0 Å². The van der Waals surface area contributed by atoms with Crippen LogP contribution in [0, 0.1) is 0 Å². The Balaban J connectivity index is 2.85. The zero-order chi connectivity index (χ0) is 10.0. The fourth-order valence-electron chi connectivity index (χ4n) is 1.05. The van der Waals surface area contributed by atoms with Gasteiger partial charge in [-0.2, -0.15) is 0 Å². The van der Waals surface area contributed by atoms with Gasteiger partial charge < -0.3 is 15.0 Å². The first-order valence-electron chi connectivity index (χ1n) is 4.11. The summed E-state index contributed by atoms with van der Waals surface area (Å²) >= 11 is 0. The number of H-pyrrole nitrogens is 1. The van der Waals surface area contributed by atoms with Gasteiger partial charge in [0.05, 0.1) is 5.92 Å². The first-order chi connectivity index (χ1) is 6.02. The average molecular weight is 182 g/mol. The van der Waals surface area contributed by atoms with Crippen LogP contribution >= 0.6 is 0 Å². The zero-order valence-corrected chi connectivity index (χ0v) is 8.03. The van der Waals surface area contributed by atoms with E-state index in [1.54, 1.807) is 13.0 Å². The summed E-state index contributed by atoms with van der Waals surface area (Å²) in [6, 6.07) is 3.67. The number of carbonyl (C=O) groups is 1. The molecule has 2 N–H and O–H groups in total. The van der Waals surface area contributed by atoms with Gasteiger partial charge in [0.2, 0.25) is 0 Å². The van der Waals surface area contributed by atoms with E-state index in [4.69, 9.17) is 5.11 Å². The summed E-state index contributed by atoms with van der Waals surface area (Å²) in [5, 5.41) is 8.75. The van der Waals surface area contributed by atoms with Crippen molar-refractivity contribution in [2.75, 3.05) is 19.0 Å². The number of nitrogens with zero attached hydrogens (tertiary/aromatic N) is 1. The molecule has 4 heteroatoms. The van der Waals surface area contributed by atoms with Crippen molar-refractivity contribution in [2.45, 2.75) is 12.8 Å². The number of aliphatic carboxylic acids is 1. The van der Waals surface area contributed by atoms with Gasteiger partial charge in [-0.25, -0.2) is 0 Å². The molecule has 1 rings (SSSR count). The van der Waals surface area contributed by atoms with Crippen molar-refractivity contribution in [2.24, 2.45) is 0 Å². The summed E-state index contributed by atoms with van der Waals surface area (Å²) in [5.74, 6) is -0.371. The zero-order valence-electron chi connectivity index (χ0n) is 8.03. The van der Waals surface area contributed by atoms with Crippen LogP contribution in [0.5, 0.6) is 0 Å². The Labute approximate surface area is 77.2 Å². The molecule has 0 aromatic carbocycles. The Hall–Kier alpha value is -1.45. The number of anilines is 1. The van der Waals surface area contributed by atoms with E-state index in [0.29, 0.717) is 0 Å². The van der Waals surface area contributed by atoms with E-state index in [2.05, 4.69) is 4.98 Å². The van der Waals surface area contributed by atoms with Crippen molar-refractivity contribution in [3.8, 4) is 0 Å². The van der Waals surface area contributed by atoms with Crippen molar-refractivity contribution < 1.29 is 9.90 Å². The number of aromatic nitrogens is 1. The monoisotopic (exact) mass is 182 g/mol. The fourth-order valence-corrected chi connectivity index (χ4v) is 1.05. The Morgan fingerprint density at radius 3 is 2.54 bits per heavy atom. The highest BCUT2D eigenvalue weighted by atomic mass is 16.4. The quantitative estimate of drug-likeness (QED) is 0.740. The molecule has 0 aliphatic carbocycles. The highest BCUT2D eigenvalue weighted by Gasteiger charge is 2.15. The van der Waals surface area contributed by atoms with Crippen LogP contribution in [0.15, 0.2) is 12.1 Å². The SMILES string of the molecule is CC(C(=O)O)c1ccc(N(C)C)[nH]1. The van der Waals surface area contributed by atoms with Gasteiger partial charge in [0, 0.05) is 19.8 Å². The molecule has 0 saturated heterocycles. The summed E-state index contributed by atoms with van der Waals surface area (Å²) in [5.41, 5.74) is 0.733. The highest BCUT2D eigenvalue weighted by Crippen LogP contribution is 2.18. The molecule has 4 nitrogen and oxygen atoms in total. The number of rotatable bonds is 3. The molecular weight excluding hydrogens is 168 g/mol. The third-order valence-electron chi connectivity index (χ3n) is 2.01. The Morgan fingerprint density at radius 2 is 2.15 bits per heavy atom. The molecule has 0 bridgehead atoms. The van der Waals surface area contributed by atoms with Crippen LogP contribution in [0.3, 0.4) is 0 Å². The van der Waals surface area contributed by atoms with Gasteiger partial charge in [-0.1, -0.05) is 0 Å². The summed E-state index contributed by atoms with van der Waals surface area (Å²) < 4.78 is 0. The molecule has 1 unspecified atom stereocenters. The molecular formula is C9H14N2O2. The molecule has 13 heavy (non-hydrogen) atoms. The standard InChI is InChI=1S/C9H14N2O2/c1-6(9(12)13)7-4-5-8(10-7)11(2)3/h4-6,10H,1-3H3,(H,12,13). The maximum Gasteiger partial charge on any atom is 0.312 e. The van der Waals surface area contributed by atoms with E-state index in [9.17, 15) is 4.79 Å². The molecule has 0 fully saturated rings. The maximum absolute atomic E-state index is 10.6. The first-order valence-corrected chi connectivity index (χ1v) is 4.11. The molecule has 0 spiro atoms. The molecule has 0 aliphatic rings. The molecule has 72 valence electrons. The lowest BCUT2D eigenvalue weighted by Gasteiger charge is -2.09. The minimum Gasteiger partial charge on any atom is -0.481 e. The Kier molecular flexibility index (Phi) is 2.60. The normalized spacial score (nSPS) is 12.5. The predicted molar refractivity (Wildman–Crippen MR) is 51.2 cm³/mol. The predicted octanol–water partition coefficient (Wildman–Crippen LogP) is 1.27. The largest absolute Gasteiger partial charge is 0.481 e. The number of carboxylic acids is 1. The van der Waals surface area contributed by atoms with Crippen molar-refractivity contribution >= 4 is 11.8 Å². The topological polar surface area (TPSA) is 56.3 Å². The second kappa shape index (κ2) is 3.51. The van der Waals surface area contributed by atoms with Crippen LogP contribution in [-0.4, -0.2) is 30.2 Å². The first kappa shape index (κ1) is 9.64. The number of nitrogens with one attached hydrogen (secondary N) is 1. The van der Waals surface area contributed by atoms with Crippen molar-refractivity contribution in [1.29, 1.82) is 0 Å². The second-order valence-corrected chi connectivity index (χ2v) is 3.25. The lowest BCUT2D eigenvalue weighted by Crippen LogP contribution is -2.11. The molecule has 1 atom stereocenters. The van der Waals surface area contributed by atoms with Gasteiger partial charge in [-0.15, -0.1) is 0 Å². The van der Waals surface area contributed by atoms with Crippen LogP contribution in [0.4, 0.5) is 5.82 Å². The van der Waals surface area contributed by atoms with E-state index in [-0.39, 0.29) is 0 Å². The number of carboxylic acid groups (broad SMARTS) is 1. The van der Waals surface area contributed by atoms with Crippen LogP contribution in [0.25, 0.3) is 0 Å². The molecule has 0 radical (unpaired) electrons. The van der Waals surface area contributed by atoms with Crippen LogP contribution in [0.2, 0.25) is 0 Å². The Morgan fingerprint density at radius 1 is 1.54 bits per heavy atom. The molecule has 1 aromatic rings. The van der Waals surface area contributed by atoms with Crippen molar-refractivity contribution in [3.63, 3.8) is 0 Å². The summed E-state index contributed by atoms with van der Waals surface area (Å²) in [4.78, 5) is 15.6. The van der Waals surface area contributed by atoms with Crippen molar-refractivity contribution in [1.82, 2.24) is 4.98 Å². The Bertz CT molecular complexity index is 304. The molecule has 0 saturated carbocycles. The van der Waals surface area contributed by atoms with Gasteiger partial charge >= 0.3 is 5.97 Å². The number of hydrogen-bond donors (Lipinski definition) is 2. The fraction of sp³-hybridized carbons (Fsp3) is 0.444.